The Bertz CT molecular complexity index is 1040. The maximum atomic E-state index is 12.2. The molecule has 0 saturated heterocycles. The van der Waals surface area contributed by atoms with Gasteiger partial charge in [-0.15, -0.1) is 0 Å². The van der Waals surface area contributed by atoms with Gasteiger partial charge >= 0.3 is 6.09 Å². The number of carbonyl (C=O) groups excluding carboxylic acids is 1. The van der Waals surface area contributed by atoms with Crippen molar-refractivity contribution >= 4 is 6.09 Å². The lowest BCUT2D eigenvalue weighted by molar-refractivity contribution is 0.0134. The zero-order valence-corrected chi connectivity index (χ0v) is 17.5. The summed E-state index contributed by atoms with van der Waals surface area (Å²) in [5.41, 5.74) is 5.55. The Morgan fingerprint density at radius 2 is 1.69 bits per heavy atom. The lowest BCUT2D eigenvalue weighted by atomic mass is 9.98. The minimum atomic E-state index is -1.17. The topological polar surface area (TPSA) is 112 Å². The largest absolute Gasteiger partial charge is 0.449 e. The Labute approximate surface area is 186 Å². The second kappa shape index (κ2) is 9.91. The van der Waals surface area contributed by atoms with Crippen molar-refractivity contribution in [3.05, 3.63) is 89.2 Å². The number of rotatable bonds is 8. The van der Waals surface area contributed by atoms with Crippen LogP contribution in [-0.4, -0.2) is 45.7 Å². The Balaban J connectivity index is 1.28. The summed E-state index contributed by atoms with van der Waals surface area (Å²) in [6.45, 7) is 0.152. The van der Waals surface area contributed by atoms with E-state index in [1.807, 2.05) is 24.3 Å². The first-order valence-corrected chi connectivity index (χ1v) is 10.6. The third-order valence-corrected chi connectivity index (χ3v) is 5.76. The number of aliphatic hydroxyl groups excluding tert-OH is 3. The number of aromatic nitrogens is 1. The number of carbonyl (C=O) groups is 1. The molecule has 1 heterocycles. The van der Waals surface area contributed by atoms with Gasteiger partial charge in [-0.05, 0) is 40.3 Å². The molecular weight excluding hydrogens is 408 g/mol. The predicted molar refractivity (Wildman–Crippen MR) is 119 cm³/mol. The summed E-state index contributed by atoms with van der Waals surface area (Å²) in [6, 6.07) is 17.8. The van der Waals surface area contributed by atoms with Gasteiger partial charge in [0, 0.05) is 30.4 Å². The van der Waals surface area contributed by atoms with E-state index in [-0.39, 0.29) is 32.1 Å². The van der Waals surface area contributed by atoms with E-state index in [0.29, 0.717) is 11.1 Å². The number of fused-ring (bicyclic) bond motifs is 3. The van der Waals surface area contributed by atoms with E-state index in [9.17, 15) is 20.1 Å². The standard InChI is InChI=1S/C25H26N2O5/c28-14-16-11-17(13-26-12-16)24(30)23(29)9-10-27-25(31)32-15-22-20-7-3-1-5-18(20)19-6-2-4-8-21(19)22/h1-8,11-13,22-24,28-30H,9-10,14-15H2,(H,27,31). The van der Waals surface area contributed by atoms with Crippen LogP contribution in [0.15, 0.2) is 67.0 Å². The summed E-state index contributed by atoms with van der Waals surface area (Å²) >= 11 is 0. The van der Waals surface area contributed by atoms with Gasteiger partial charge in [0.25, 0.3) is 0 Å². The molecule has 4 rings (SSSR count). The van der Waals surface area contributed by atoms with Crippen LogP contribution in [0.1, 0.15) is 40.7 Å². The van der Waals surface area contributed by atoms with E-state index >= 15 is 0 Å². The second-order valence-electron chi connectivity index (χ2n) is 7.84. The third-order valence-electron chi connectivity index (χ3n) is 5.76. The number of nitrogens with one attached hydrogen (secondary N) is 1. The average Bonchev–Trinajstić information content (AvgIpc) is 3.16. The monoisotopic (exact) mass is 434 g/mol. The SMILES string of the molecule is O=C(NCCC(O)C(O)c1cncc(CO)c1)OCC1c2ccccc2-c2ccccc21. The van der Waals surface area contributed by atoms with E-state index in [4.69, 9.17) is 4.74 Å². The fourth-order valence-electron chi connectivity index (χ4n) is 4.11. The molecule has 32 heavy (non-hydrogen) atoms. The molecular formula is C25H26N2O5. The van der Waals surface area contributed by atoms with Crippen LogP contribution in [0.2, 0.25) is 0 Å². The minimum absolute atomic E-state index is 0.0214. The minimum Gasteiger partial charge on any atom is -0.449 e. The van der Waals surface area contributed by atoms with Gasteiger partial charge in [0.2, 0.25) is 0 Å². The number of nitrogens with zero attached hydrogens (tertiary/aromatic N) is 1. The molecule has 3 aromatic rings. The highest BCUT2D eigenvalue weighted by atomic mass is 16.5. The number of ether oxygens (including phenoxy) is 1. The first kappa shape index (κ1) is 22.0. The Morgan fingerprint density at radius 1 is 1.03 bits per heavy atom. The molecule has 2 unspecified atom stereocenters. The van der Waals surface area contributed by atoms with Crippen molar-refractivity contribution in [3.8, 4) is 11.1 Å². The molecule has 0 spiro atoms. The number of alkyl carbamates (subject to hydrolysis) is 1. The molecule has 1 aliphatic carbocycles. The zero-order chi connectivity index (χ0) is 22.5. The van der Waals surface area contributed by atoms with Crippen LogP contribution >= 0.6 is 0 Å². The fraction of sp³-hybridized carbons (Fsp3) is 0.280. The van der Waals surface area contributed by atoms with Crippen LogP contribution in [0.25, 0.3) is 11.1 Å². The molecule has 7 heteroatoms. The maximum Gasteiger partial charge on any atom is 0.407 e. The Kier molecular flexibility index (Phi) is 6.80. The van der Waals surface area contributed by atoms with E-state index in [1.165, 1.54) is 12.4 Å². The van der Waals surface area contributed by atoms with Gasteiger partial charge in [0.1, 0.15) is 12.7 Å². The normalized spacial score (nSPS) is 14.3. The van der Waals surface area contributed by atoms with E-state index in [0.717, 1.165) is 22.3 Å². The maximum absolute atomic E-state index is 12.2. The lowest BCUT2D eigenvalue weighted by Gasteiger charge is -2.19. The number of hydrogen-bond donors (Lipinski definition) is 4. The van der Waals surface area contributed by atoms with Crippen LogP contribution in [0.5, 0.6) is 0 Å². The highest BCUT2D eigenvalue weighted by molar-refractivity contribution is 5.79. The Hall–Kier alpha value is -3.26. The molecule has 0 radical (unpaired) electrons. The van der Waals surface area contributed by atoms with Crippen LogP contribution in [0.4, 0.5) is 4.79 Å². The number of amides is 1. The molecule has 0 fully saturated rings. The summed E-state index contributed by atoms with van der Waals surface area (Å²) in [5.74, 6) is -0.0214. The van der Waals surface area contributed by atoms with E-state index in [2.05, 4.69) is 34.6 Å². The van der Waals surface area contributed by atoms with Crippen molar-refractivity contribution in [2.24, 2.45) is 0 Å². The van der Waals surface area contributed by atoms with Crippen molar-refractivity contribution < 1.29 is 24.9 Å². The van der Waals surface area contributed by atoms with Gasteiger partial charge in [-0.1, -0.05) is 48.5 Å². The fourth-order valence-corrected chi connectivity index (χ4v) is 4.11. The summed E-state index contributed by atoms with van der Waals surface area (Å²) < 4.78 is 5.46. The van der Waals surface area contributed by atoms with Crippen molar-refractivity contribution in [3.63, 3.8) is 0 Å². The van der Waals surface area contributed by atoms with Gasteiger partial charge < -0.3 is 25.4 Å². The predicted octanol–water partition coefficient (Wildman–Crippen LogP) is 2.90. The second-order valence-corrected chi connectivity index (χ2v) is 7.84. The quantitative estimate of drug-likeness (QED) is 0.434. The highest BCUT2D eigenvalue weighted by Gasteiger charge is 2.29. The van der Waals surface area contributed by atoms with Crippen molar-refractivity contribution in [1.82, 2.24) is 10.3 Å². The molecule has 0 bridgehead atoms. The number of pyridine rings is 1. The van der Waals surface area contributed by atoms with E-state index < -0.39 is 18.3 Å². The number of hydrogen-bond acceptors (Lipinski definition) is 6. The lowest BCUT2D eigenvalue weighted by Crippen LogP contribution is -2.30. The smallest absolute Gasteiger partial charge is 0.407 e. The summed E-state index contributed by atoms with van der Waals surface area (Å²) in [7, 11) is 0. The molecule has 4 N–H and O–H groups in total. The van der Waals surface area contributed by atoms with Gasteiger partial charge in [-0.25, -0.2) is 4.79 Å². The number of aliphatic hydroxyl groups is 3. The van der Waals surface area contributed by atoms with Crippen molar-refractivity contribution in [1.29, 1.82) is 0 Å². The van der Waals surface area contributed by atoms with Crippen LogP contribution in [0.3, 0.4) is 0 Å². The first-order chi connectivity index (χ1) is 15.6. The first-order valence-electron chi connectivity index (χ1n) is 10.6. The molecule has 0 aliphatic heterocycles. The summed E-state index contributed by atoms with van der Waals surface area (Å²) in [5, 5.41) is 32.3. The summed E-state index contributed by atoms with van der Waals surface area (Å²) in [6.07, 6.45) is 0.220. The molecule has 1 aromatic heterocycles. The van der Waals surface area contributed by atoms with Crippen molar-refractivity contribution in [2.75, 3.05) is 13.2 Å². The van der Waals surface area contributed by atoms with Crippen LogP contribution in [0, 0.1) is 0 Å². The van der Waals surface area contributed by atoms with Gasteiger partial charge in [0.15, 0.2) is 0 Å². The van der Waals surface area contributed by atoms with Gasteiger partial charge in [-0.2, -0.15) is 0 Å². The zero-order valence-electron chi connectivity index (χ0n) is 17.5. The van der Waals surface area contributed by atoms with Gasteiger partial charge in [-0.3, -0.25) is 4.98 Å². The van der Waals surface area contributed by atoms with Crippen molar-refractivity contribution in [2.45, 2.75) is 31.2 Å². The molecule has 1 aliphatic rings. The highest BCUT2D eigenvalue weighted by Crippen LogP contribution is 2.44. The summed E-state index contributed by atoms with van der Waals surface area (Å²) in [4.78, 5) is 16.2. The Morgan fingerprint density at radius 3 is 2.34 bits per heavy atom. The third kappa shape index (κ3) is 4.65. The molecule has 2 aromatic carbocycles. The molecule has 2 atom stereocenters. The van der Waals surface area contributed by atoms with Crippen LogP contribution in [-0.2, 0) is 11.3 Å². The average molecular weight is 434 g/mol. The van der Waals surface area contributed by atoms with Crippen LogP contribution < -0.4 is 5.32 Å². The van der Waals surface area contributed by atoms with E-state index in [1.54, 1.807) is 6.07 Å². The number of benzene rings is 2. The molecule has 0 saturated carbocycles. The van der Waals surface area contributed by atoms with Gasteiger partial charge in [0.05, 0.1) is 12.7 Å². The molecule has 7 nitrogen and oxygen atoms in total. The molecule has 1 amide bonds. The molecule has 166 valence electrons.